The summed E-state index contributed by atoms with van der Waals surface area (Å²) in [4.78, 5) is 15.5. The molecule has 11 heteroatoms. The van der Waals surface area contributed by atoms with Gasteiger partial charge in [0, 0.05) is 23.0 Å². The summed E-state index contributed by atoms with van der Waals surface area (Å²) in [7, 11) is -4.27. The molecule has 2 aromatic carbocycles. The third kappa shape index (κ3) is 6.84. The number of thiophene rings is 1. The maximum absolute atomic E-state index is 15.0. The molecule has 2 amide bonds. The first-order valence-electron chi connectivity index (χ1n) is 12.3. The number of carbonyl (C=O) groups excluding carboxylic acids is 1. The number of hydrogen-bond donors (Lipinski definition) is 1. The largest absolute Gasteiger partial charge is 0.488 e. The molecule has 1 aliphatic rings. The molecule has 1 aromatic heterocycles. The van der Waals surface area contributed by atoms with E-state index in [4.69, 9.17) is 16.3 Å². The van der Waals surface area contributed by atoms with Gasteiger partial charge in [0.15, 0.2) is 21.4 Å². The number of hydrogen-bond acceptors (Lipinski definition) is 5. The number of halogens is 3. The maximum Gasteiger partial charge on any atom is 0.317 e. The average molecular weight is 585 g/mol. The number of ether oxygens (including phenoxy) is 1. The number of benzene rings is 2. The Hall–Kier alpha value is -2.69. The van der Waals surface area contributed by atoms with Gasteiger partial charge in [-0.2, -0.15) is 0 Å². The molecule has 4 rings (SSSR count). The lowest BCUT2D eigenvalue weighted by Crippen LogP contribution is -2.54. The van der Waals surface area contributed by atoms with Gasteiger partial charge >= 0.3 is 6.03 Å². The highest BCUT2D eigenvalue weighted by atomic mass is 35.5. The fourth-order valence-corrected chi connectivity index (χ4v) is 6.79. The van der Waals surface area contributed by atoms with E-state index in [2.05, 4.69) is 29.8 Å². The van der Waals surface area contributed by atoms with Crippen LogP contribution in [0.5, 0.6) is 5.75 Å². The van der Waals surface area contributed by atoms with Crippen molar-refractivity contribution in [2.45, 2.75) is 49.8 Å². The highest BCUT2D eigenvalue weighted by Crippen LogP contribution is 2.44. The van der Waals surface area contributed by atoms with Gasteiger partial charge in [-0.1, -0.05) is 31.0 Å². The van der Waals surface area contributed by atoms with Crippen LogP contribution >= 0.6 is 22.9 Å². The minimum absolute atomic E-state index is 0.111. The van der Waals surface area contributed by atoms with Gasteiger partial charge in [-0.15, -0.1) is 11.3 Å². The van der Waals surface area contributed by atoms with Crippen molar-refractivity contribution >= 4 is 38.8 Å². The summed E-state index contributed by atoms with van der Waals surface area (Å²) in [5, 5.41) is 3.51. The number of nitrogens with zero attached hydrogens (tertiary/aromatic N) is 1. The van der Waals surface area contributed by atoms with E-state index in [1.807, 2.05) is 6.92 Å². The Morgan fingerprint density at radius 3 is 2.37 bits per heavy atom. The Bertz CT molecular complexity index is 1320. The Morgan fingerprint density at radius 2 is 1.82 bits per heavy atom. The first-order chi connectivity index (χ1) is 18.1. The molecule has 2 atom stereocenters. The molecular formula is C27H31ClF2N2O4S2. The van der Waals surface area contributed by atoms with Crippen LogP contribution in [0, 0.1) is 18.6 Å². The van der Waals surface area contributed by atoms with Gasteiger partial charge in [-0.25, -0.2) is 22.0 Å². The lowest BCUT2D eigenvalue weighted by molar-refractivity contribution is 0.121. The number of sulfone groups is 1. The predicted molar refractivity (Wildman–Crippen MR) is 147 cm³/mol. The van der Waals surface area contributed by atoms with Gasteiger partial charge in [0.1, 0.15) is 17.7 Å². The fraction of sp³-hybridized carbons (Fsp3) is 0.370. The van der Waals surface area contributed by atoms with E-state index in [0.29, 0.717) is 18.0 Å². The van der Waals surface area contributed by atoms with Crippen LogP contribution in [0.4, 0.5) is 13.6 Å². The number of fused-ring (bicyclic) bond motifs is 1. The van der Waals surface area contributed by atoms with Crippen molar-refractivity contribution in [3.63, 3.8) is 0 Å². The molecule has 6 nitrogen and oxygen atoms in total. The van der Waals surface area contributed by atoms with E-state index < -0.39 is 50.1 Å². The van der Waals surface area contributed by atoms with Crippen molar-refractivity contribution in [2.24, 2.45) is 0 Å². The second-order valence-corrected chi connectivity index (χ2v) is 12.3. The van der Waals surface area contributed by atoms with Crippen LogP contribution in [-0.4, -0.2) is 45.1 Å². The first kappa shape index (κ1) is 29.9. The monoisotopic (exact) mass is 584 g/mol. The first-order valence-corrected chi connectivity index (χ1v) is 15.1. The van der Waals surface area contributed by atoms with Crippen LogP contribution in [0.2, 0.25) is 5.02 Å². The standard InChI is InChI=1S/C22H25ClF2N2O4S.C5H6S/c1-3-5-12-27(22(28)26-4-2)18-13-31-20-17(25)11-10-16(24)19(20)21(18)32(29,30)15-8-6-14(23)7-9-15;1-5-3-2-4-6-5/h6-11,18,21H,3-5,12-13H2,1-2H3,(H,26,28);2-4H,1H3/t18-,21?;/m0./s1. The molecule has 0 spiro atoms. The van der Waals surface area contributed by atoms with Crippen LogP contribution in [-0.2, 0) is 9.84 Å². The molecule has 0 aliphatic carbocycles. The van der Waals surface area contributed by atoms with Gasteiger partial charge in [-0.3, -0.25) is 0 Å². The number of unbranched alkanes of at least 4 members (excludes halogenated alkanes) is 1. The van der Waals surface area contributed by atoms with E-state index in [1.165, 1.54) is 34.0 Å². The molecular weight excluding hydrogens is 554 g/mol. The van der Waals surface area contributed by atoms with Crippen molar-refractivity contribution in [3.05, 3.63) is 81.0 Å². The van der Waals surface area contributed by atoms with E-state index in [9.17, 15) is 22.0 Å². The van der Waals surface area contributed by atoms with Crippen molar-refractivity contribution in [1.29, 1.82) is 0 Å². The number of urea groups is 1. The summed E-state index contributed by atoms with van der Waals surface area (Å²) in [6, 6.07) is 9.78. The minimum atomic E-state index is -4.27. The second-order valence-electron chi connectivity index (χ2n) is 8.68. The van der Waals surface area contributed by atoms with Gasteiger partial charge in [0.25, 0.3) is 0 Å². The number of aryl methyl sites for hydroxylation is 1. The highest BCUT2D eigenvalue weighted by molar-refractivity contribution is 7.91. The number of carbonyl (C=O) groups is 1. The number of nitrogens with one attached hydrogen (secondary N) is 1. The minimum Gasteiger partial charge on any atom is -0.488 e. The SMILES string of the molecule is CCCCN(C(=O)NCC)[C@H]1COc2c(F)ccc(F)c2C1S(=O)(=O)c1ccc(Cl)cc1.Cc1cccs1. The number of rotatable bonds is 7. The van der Waals surface area contributed by atoms with Crippen LogP contribution in [0.3, 0.4) is 0 Å². The normalized spacial score (nSPS) is 16.5. The van der Waals surface area contributed by atoms with Crippen molar-refractivity contribution in [2.75, 3.05) is 19.7 Å². The maximum atomic E-state index is 15.0. The molecule has 38 heavy (non-hydrogen) atoms. The highest BCUT2D eigenvalue weighted by Gasteiger charge is 2.47. The summed E-state index contributed by atoms with van der Waals surface area (Å²) in [5.74, 6) is -2.23. The molecule has 3 aromatic rings. The molecule has 2 heterocycles. The molecule has 0 saturated carbocycles. The van der Waals surface area contributed by atoms with Crippen LogP contribution < -0.4 is 10.1 Å². The summed E-state index contributed by atoms with van der Waals surface area (Å²) in [6.07, 6.45) is 1.34. The fourth-order valence-electron chi connectivity index (χ4n) is 4.16. The molecule has 1 unspecified atom stereocenters. The lowest BCUT2D eigenvalue weighted by atomic mass is 9.99. The van der Waals surface area contributed by atoms with Crippen molar-refractivity contribution < 1.29 is 26.7 Å². The molecule has 0 saturated heterocycles. The Balaban J connectivity index is 0.000000585. The Kier molecular flexibility index (Phi) is 10.5. The van der Waals surface area contributed by atoms with E-state index >= 15 is 0 Å². The van der Waals surface area contributed by atoms with Gasteiger partial charge in [0.2, 0.25) is 0 Å². The zero-order valence-corrected chi connectivity index (χ0v) is 23.8. The lowest BCUT2D eigenvalue weighted by Gasteiger charge is -2.40. The molecule has 206 valence electrons. The zero-order valence-electron chi connectivity index (χ0n) is 21.4. The van der Waals surface area contributed by atoms with Crippen LogP contribution in [0.1, 0.15) is 42.4 Å². The van der Waals surface area contributed by atoms with E-state index in [1.54, 1.807) is 18.3 Å². The van der Waals surface area contributed by atoms with Gasteiger partial charge < -0.3 is 15.0 Å². The van der Waals surface area contributed by atoms with E-state index in [-0.39, 0.29) is 18.0 Å². The summed E-state index contributed by atoms with van der Waals surface area (Å²) in [5.41, 5.74) is -0.415. The Labute approximate surface area is 231 Å². The third-order valence-electron chi connectivity index (χ3n) is 6.01. The zero-order chi connectivity index (χ0) is 27.9. The molecule has 0 radical (unpaired) electrons. The quantitative estimate of drug-likeness (QED) is 0.332. The van der Waals surface area contributed by atoms with Crippen molar-refractivity contribution in [1.82, 2.24) is 10.2 Å². The summed E-state index contributed by atoms with van der Waals surface area (Å²) in [6.45, 7) is 6.02. The molecule has 1 N–H and O–H groups in total. The smallest absolute Gasteiger partial charge is 0.317 e. The summed E-state index contributed by atoms with van der Waals surface area (Å²) >= 11 is 7.68. The van der Waals surface area contributed by atoms with Crippen LogP contribution in [0.15, 0.2) is 58.8 Å². The number of amides is 2. The predicted octanol–water partition coefficient (Wildman–Crippen LogP) is 6.78. The van der Waals surface area contributed by atoms with Gasteiger partial charge in [-0.05, 0) is 68.1 Å². The summed E-state index contributed by atoms with van der Waals surface area (Å²) < 4.78 is 62.5. The second kappa shape index (κ2) is 13.4. The Morgan fingerprint density at radius 1 is 1.13 bits per heavy atom. The average Bonchev–Trinajstić information content (AvgIpc) is 3.38. The van der Waals surface area contributed by atoms with Crippen LogP contribution in [0.25, 0.3) is 0 Å². The molecule has 1 aliphatic heterocycles. The molecule has 0 fully saturated rings. The topological polar surface area (TPSA) is 75.7 Å². The van der Waals surface area contributed by atoms with Crippen molar-refractivity contribution in [3.8, 4) is 5.75 Å². The van der Waals surface area contributed by atoms with E-state index in [0.717, 1.165) is 18.6 Å². The molecule has 0 bridgehead atoms. The third-order valence-corrected chi connectivity index (χ3v) is 9.21. The van der Waals surface area contributed by atoms with Gasteiger partial charge in [0.05, 0.1) is 16.5 Å².